The molecule has 424 valence electrons. The van der Waals surface area contributed by atoms with Crippen LogP contribution in [0.1, 0.15) is 192 Å². The van der Waals surface area contributed by atoms with Gasteiger partial charge in [0.15, 0.2) is 0 Å². The van der Waals surface area contributed by atoms with E-state index in [1.165, 1.54) is 6.42 Å². The van der Waals surface area contributed by atoms with E-state index in [1.54, 1.807) is 13.8 Å². The van der Waals surface area contributed by atoms with Crippen LogP contribution in [-0.2, 0) is 30.0 Å². The van der Waals surface area contributed by atoms with Crippen LogP contribution < -0.4 is 16.4 Å². The number of ketones is 1. The summed E-state index contributed by atoms with van der Waals surface area (Å²) >= 11 is 0. The summed E-state index contributed by atoms with van der Waals surface area (Å²) in [5.74, 6) is 1.81. The van der Waals surface area contributed by atoms with Crippen LogP contribution in [0.2, 0.25) is 0 Å². The molecule has 0 spiro atoms. The minimum absolute atomic E-state index is 0.0302. The van der Waals surface area contributed by atoms with Crippen molar-refractivity contribution in [3.8, 4) is 5.75 Å². The molecule has 3 saturated heterocycles. The lowest BCUT2D eigenvalue weighted by atomic mass is 9.72. The highest BCUT2D eigenvalue weighted by Crippen LogP contribution is 2.37. The Morgan fingerprint density at radius 1 is 0.595 bits per heavy atom. The van der Waals surface area contributed by atoms with Crippen LogP contribution in [0.4, 0.5) is 13.2 Å². The molecule has 4 aliphatic rings. The molecule has 15 nitrogen and oxygen atoms in total. The van der Waals surface area contributed by atoms with Crippen molar-refractivity contribution >= 4 is 23.5 Å². The van der Waals surface area contributed by atoms with Crippen LogP contribution in [0.25, 0.3) is 0 Å². The summed E-state index contributed by atoms with van der Waals surface area (Å²) in [6.45, 7) is 44.4. The van der Waals surface area contributed by atoms with Gasteiger partial charge < -0.3 is 30.2 Å². The lowest BCUT2D eigenvalue weighted by Crippen LogP contribution is -2.54. The first-order valence-corrected chi connectivity index (χ1v) is 26.2. The fourth-order valence-electron chi connectivity index (χ4n) is 9.13. The third-order valence-corrected chi connectivity index (χ3v) is 13.5. The average Bonchev–Trinajstić information content (AvgIpc) is 3.76. The third-order valence-electron chi connectivity index (χ3n) is 13.5. The van der Waals surface area contributed by atoms with E-state index in [2.05, 4.69) is 113 Å². The topological polar surface area (TPSA) is 202 Å². The lowest BCUT2D eigenvalue weighted by Gasteiger charge is -2.37. The number of hydrogen-bond acceptors (Lipinski definition) is 10. The summed E-state index contributed by atoms with van der Waals surface area (Å²) < 4.78 is 36.3. The average molecular weight is 1050 g/mol. The molecular weight excluding hydrogens is 954 g/mol. The zero-order valence-corrected chi connectivity index (χ0v) is 49.5. The van der Waals surface area contributed by atoms with E-state index in [-0.39, 0.29) is 74.1 Å². The number of hydrogen-bond donors (Lipinski definition) is 4. The number of carbonyl (C=O) groups is 4. The number of aromatic hydroxyl groups is 1. The fourth-order valence-corrected chi connectivity index (χ4v) is 9.13. The number of likely N-dealkylation sites (tertiary alicyclic amines) is 2. The quantitative estimate of drug-likeness (QED) is 0.213. The van der Waals surface area contributed by atoms with Gasteiger partial charge >= 0.3 is 6.18 Å². The number of alkyl halides is 3. The highest BCUT2D eigenvalue weighted by Gasteiger charge is 2.43. The highest BCUT2D eigenvalue weighted by atomic mass is 19.4. The molecule has 3 aliphatic heterocycles. The summed E-state index contributed by atoms with van der Waals surface area (Å²) in [6.07, 6.45) is 1.56. The van der Waals surface area contributed by atoms with E-state index in [0.717, 1.165) is 61.5 Å². The molecule has 4 fully saturated rings. The lowest BCUT2D eigenvalue weighted by molar-refractivity contribution is -0.159. The van der Waals surface area contributed by atoms with E-state index in [1.807, 2.05) is 60.4 Å². The zero-order valence-electron chi connectivity index (χ0n) is 49.5. The SMILES string of the molecule is CC(C)(C)C1CCCCC1=O.CC(C)(C)C1CCN(CC(F)(F)F)C1=O.CC(C)(C)N1CCNC(=O)C1.CN1CCC(C(C)(C)C)C1=O.Cc1nc(C(C)(C)C)c(C)c(=O)[nH]1.Cc1nc(C(C)(C)C)c(O)c(=O)[nH]1. The van der Waals surface area contributed by atoms with Gasteiger partial charge in [0.1, 0.15) is 24.0 Å². The predicted molar refractivity (Wildman–Crippen MR) is 289 cm³/mol. The van der Waals surface area contributed by atoms with Crippen molar-refractivity contribution in [1.82, 2.24) is 40.0 Å². The van der Waals surface area contributed by atoms with Crippen molar-refractivity contribution in [2.75, 3.05) is 46.3 Å². The van der Waals surface area contributed by atoms with Gasteiger partial charge in [-0.3, -0.25) is 33.7 Å². The van der Waals surface area contributed by atoms with E-state index < -0.39 is 18.3 Å². The standard InChI is InChI=1S/C10H16F3NO.C10H16N2O.C10H18O.C9H14N2O2.C9H17NO.C8H16N2O/c1-9(2,3)7-4-5-14(8(7)15)6-10(11,12)13;1-6-8(10(3,4)5)11-7(2)12-9(6)13;1-10(2,3)8-6-4-5-7-9(8)11;1-5-10-7(9(2,3)4)6(12)8(13)11-5;1-9(2,3)7-5-6-10(4)8(7)11;1-8(2,3)10-5-4-9-7(11)6-10/h7H,4-6H2,1-3H3;1-5H3,(H,11,12,13);8H,4-7H2,1-3H3;12H,1-4H3,(H,10,11,13);7H,5-6H2,1-4H3;4-6H2,1-3H3,(H,9,11). The maximum Gasteiger partial charge on any atom is 0.406 e. The Bertz CT molecular complexity index is 2210. The smallest absolute Gasteiger partial charge is 0.406 e. The molecule has 3 unspecified atom stereocenters. The van der Waals surface area contributed by atoms with Crippen molar-refractivity contribution in [3.05, 3.63) is 49.3 Å². The maximum absolute atomic E-state index is 12.1. The molecule has 3 amide bonds. The summed E-state index contributed by atoms with van der Waals surface area (Å²) in [4.78, 5) is 86.6. The summed E-state index contributed by atoms with van der Waals surface area (Å²) in [5, 5.41) is 12.3. The Morgan fingerprint density at radius 3 is 1.41 bits per heavy atom. The predicted octanol–water partition coefficient (Wildman–Crippen LogP) is 9.73. The molecule has 0 aromatic carbocycles. The van der Waals surface area contributed by atoms with Crippen molar-refractivity contribution in [3.63, 3.8) is 0 Å². The molecule has 5 heterocycles. The van der Waals surface area contributed by atoms with Gasteiger partial charge in [-0.05, 0) is 83.5 Å². The second kappa shape index (κ2) is 26.4. The molecular formula is C56H97F3N8O7. The fraction of sp³-hybridized carbons (Fsp3) is 0.786. The second-order valence-electron chi connectivity index (χ2n) is 26.6. The van der Waals surface area contributed by atoms with Crippen LogP contribution in [0.15, 0.2) is 9.59 Å². The number of amides is 3. The van der Waals surface area contributed by atoms with Gasteiger partial charge in [-0.1, -0.05) is 110 Å². The molecule has 1 aliphatic carbocycles. The van der Waals surface area contributed by atoms with Gasteiger partial charge in [-0.25, -0.2) is 9.97 Å². The molecule has 3 atom stereocenters. The third kappa shape index (κ3) is 22.3. The van der Waals surface area contributed by atoms with Crippen molar-refractivity contribution in [2.24, 2.45) is 34.0 Å². The Morgan fingerprint density at radius 2 is 1.05 bits per heavy atom. The van der Waals surface area contributed by atoms with Crippen LogP contribution in [0.3, 0.4) is 0 Å². The van der Waals surface area contributed by atoms with Gasteiger partial charge in [0.2, 0.25) is 23.5 Å². The minimum atomic E-state index is -4.29. The van der Waals surface area contributed by atoms with E-state index in [4.69, 9.17) is 0 Å². The summed E-state index contributed by atoms with van der Waals surface area (Å²) in [7, 11) is 1.88. The number of halogens is 3. The Labute approximate surface area is 441 Å². The molecule has 6 rings (SSSR count). The molecule has 2 aromatic rings. The normalized spacial score (nSPS) is 20.1. The molecule has 0 radical (unpaired) electrons. The van der Waals surface area contributed by atoms with Gasteiger partial charge in [0, 0.05) is 79.3 Å². The molecule has 4 N–H and O–H groups in total. The van der Waals surface area contributed by atoms with Crippen LogP contribution in [0.5, 0.6) is 5.75 Å². The molecule has 0 bridgehead atoms. The van der Waals surface area contributed by atoms with Gasteiger partial charge in [0.25, 0.3) is 11.1 Å². The van der Waals surface area contributed by atoms with Crippen molar-refractivity contribution in [2.45, 2.75) is 206 Å². The number of nitrogens with one attached hydrogen (secondary N) is 3. The number of aromatic amines is 2. The minimum Gasteiger partial charge on any atom is -0.502 e. The number of rotatable bonds is 1. The number of Topliss-reactive ketones (excluding diaryl/α,β-unsaturated/α-hetero) is 1. The number of aromatic nitrogens is 4. The van der Waals surface area contributed by atoms with Crippen molar-refractivity contribution < 1.29 is 37.5 Å². The molecule has 18 heteroatoms. The number of nitrogens with zero attached hydrogens (tertiary/aromatic N) is 5. The first-order valence-electron chi connectivity index (χ1n) is 26.2. The van der Waals surface area contributed by atoms with E-state index >= 15 is 0 Å². The highest BCUT2D eigenvalue weighted by molar-refractivity contribution is 5.83. The molecule has 1 saturated carbocycles. The number of aryl methyl sites for hydroxylation is 2. The second-order valence-corrected chi connectivity index (χ2v) is 26.6. The molecule has 74 heavy (non-hydrogen) atoms. The van der Waals surface area contributed by atoms with E-state index in [9.17, 15) is 47.0 Å². The number of carbonyl (C=O) groups excluding carboxylic acids is 4. The van der Waals surface area contributed by atoms with Crippen LogP contribution in [0, 0.1) is 54.8 Å². The largest absolute Gasteiger partial charge is 0.502 e. The Balaban J connectivity index is 0.000000446. The van der Waals surface area contributed by atoms with Crippen molar-refractivity contribution in [1.29, 1.82) is 0 Å². The zero-order chi connectivity index (χ0) is 57.9. The Kier molecular flexibility index (Phi) is 24.1. The maximum atomic E-state index is 12.1. The first kappa shape index (κ1) is 67.4. The monoisotopic (exact) mass is 1050 g/mol. The number of H-pyrrole nitrogens is 2. The summed E-state index contributed by atoms with van der Waals surface area (Å²) in [5.41, 5.74) is 1.36. The molecule has 2 aromatic heterocycles. The van der Waals surface area contributed by atoms with Crippen LogP contribution in [-0.4, -0.2) is 121 Å². The van der Waals surface area contributed by atoms with Gasteiger partial charge in [0.05, 0.1) is 17.9 Å². The number of piperazine rings is 1. The van der Waals surface area contributed by atoms with Crippen LogP contribution >= 0.6 is 0 Å². The van der Waals surface area contributed by atoms with Gasteiger partial charge in [-0.15, -0.1) is 0 Å². The summed E-state index contributed by atoms with van der Waals surface area (Å²) in [6, 6.07) is 0. The van der Waals surface area contributed by atoms with Gasteiger partial charge in [-0.2, -0.15) is 13.2 Å². The first-order chi connectivity index (χ1) is 33.2. The van der Waals surface area contributed by atoms with E-state index in [0.29, 0.717) is 47.9 Å². The Hall–Kier alpha value is -4.61.